The van der Waals surface area contributed by atoms with Gasteiger partial charge in [-0.2, -0.15) is 0 Å². The lowest BCUT2D eigenvalue weighted by atomic mass is 9.94. The number of hydrogen-bond acceptors (Lipinski definition) is 0. The third-order valence-electron chi connectivity index (χ3n) is 3.06. The van der Waals surface area contributed by atoms with Crippen LogP contribution in [0, 0.1) is 20.8 Å². The van der Waals surface area contributed by atoms with Gasteiger partial charge in [0.15, 0.2) is 0 Å². The Morgan fingerprint density at radius 1 is 0.941 bits per heavy atom. The second-order valence-corrected chi connectivity index (χ2v) is 4.62. The van der Waals surface area contributed by atoms with Crippen molar-refractivity contribution in [1.82, 2.24) is 0 Å². The van der Waals surface area contributed by atoms with E-state index in [1.165, 1.54) is 33.4 Å². The first-order valence-electron chi connectivity index (χ1n) is 5.92. The van der Waals surface area contributed by atoms with Crippen molar-refractivity contribution < 1.29 is 0 Å². The third-order valence-corrected chi connectivity index (χ3v) is 3.06. The first-order chi connectivity index (χ1) is 8.11. The standard InChI is InChI=1S/C17H18/c1-5-16-14(4)7-6-8-17(16)15-10-12(2)9-13(3)11-15/h5-11H,1H2,2-4H3. The topological polar surface area (TPSA) is 0 Å². The molecule has 0 aliphatic rings. The summed E-state index contributed by atoms with van der Waals surface area (Å²) in [4.78, 5) is 0. The molecule has 2 aromatic carbocycles. The van der Waals surface area contributed by atoms with Crippen molar-refractivity contribution >= 4 is 6.08 Å². The molecule has 0 N–H and O–H groups in total. The van der Waals surface area contributed by atoms with Crippen LogP contribution < -0.4 is 0 Å². The molecule has 0 atom stereocenters. The zero-order valence-corrected chi connectivity index (χ0v) is 10.7. The van der Waals surface area contributed by atoms with Gasteiger partial charge in [0.1, 0.15) is 0 Å². The summed E-state index contributed by atoms with van der Waals surface area (Å²) in [6.07, 6.45) is 1.95. The molecule has 0 nitrogen and oxygen atoms in total. The minimum atomic E-state index is 1.23. The number of rotatable bonds is 2. The van der Waals surface area contributed by atoms with Gasteiger partial charge in [-0.1, -0.05) is 60.2 Å². The minimum Gasteiger partial charge on any atom is -0.0984 e. The fourth-order valence-corrected chi connectivity index (χ4v) is 2.33. The second kappa shape index (κ2) is 4.58. The highest BCUT2D eigenvalue weighted by Gasteiger charge is 2.05. The second-order valence-electron chi connectivity index (χ2n) is 4.62. The van der Waals surface area contributed by atoms with E-state index in [1.54, 1.807) is 0 Å². The minimum absolute atomic E-state index is 1.23. The largest absolute Gasteiger partial charge is 0.0984 e. The van der Waals surface area contributed by atoms with Gasteiger partial charge in [-0.25, -0.2) is 0 Å². The van der Waals surface area contributed by atoms with Crippen LogP contribution in [0.25, 0.3) is 17.2 Å². The molecule has 17 heavy (non-hydrogen) atoms. The highest BCUT2D eigenvalue weighted by molar-refractivity contribution is 5.77. The average molecular weight is 222 g/mol. The van der Waals surface area contributed by atoms with E-state index in [0.717, 1.165) is 0 Å². The molecule has 86 valence electrons. The summed E-state index contributed by atoms with van der Waals surface area (Å²) in [5.41, 5.74) is 7.66. The first kappa shape index (κ1) is 11.7. The highest BCUT2D eigenvalue weighted by Crippen LogP contribution is 2.28. The van der Waals surface area contributed by atoms with E-state index in [1.807, 2.05) is 6.08 Å². The van der Waals surface area contributed by atoms with Crippen LogP contribution in [0.5, 0.6) is 0 Å². The van der Waals surface area contributed by atoms with Crippen LogP contribution in [0.4, 0.5) is 0 Å². The van der Waals surface area contributed by atoms with Crippen LogP contribution in [-0.2, 0) is 0 Å². The summed E-state index contributed by atoms with van der Waals surface area (Å²) in [6.45, 7) is 10.3. The van der Waals surface area contributed by atoms with E-state index >= 15 is 0 Å². The molecule has 0 spiro atoms. The van der Waals surface area contributed by atoms with Crippen molar-refractivity contribution in [3.8, 4) is 11.1 Å². The van der Waals surface area contributed by atoms with Gasteiger partial charge in [0.2, 0.25) is 0 Å². The lowest BCUT2D eigenvalue weighted by Gasteiger charge is -2.11. The molecule has 0 aromatic heterocycles. The summed E-state index contributed by atoms with van der Waals surface area (Å²) < 4.78 is 0. The van der Waals surface area contributed by atoms with E-state index in [0.29, 0.717) is 0 Å². The molecular formula is C17H18. The molecule has 0 aliphatic heterocycles. The lowest BCUT2D eigenvalue weighted by Crippen LogP contribution is -1.88. The monoisotopic (exact) mass is 222 g/mol. The van der Waals surface area contributed by atoms with Crippen LogP contribution in [0.3, 0.4) is 0 Å². The van der Waals surface area contributed by atoms with Gasteiger partial charge < -0.3 is 0 Å². The molecule has 0 saturated heterocycles. The maximum atomic E-state index is 3.92. The maximum absolute atomic E-state index is 3.92. The van der Waals surface area contributed by atoms with Crippen molar-refractivity contribution in [2.45, 2.75) is 20.8 Å². The average Bonchev–Trinajstić information content (AvgIpc) is 2.27. The molecule has 0 fully saturated rings. The molecule has 0 bridgehead atoms. The maximum Gasteiger partial charge on any atom is -0.0109 e. The van der Waals surface area contributed by atoms with Crippen molar-refractivity contribution in [3.63, 3.8) is 0 Å². The van der Waals surface area contributed by atoms with E-state index < -0.39 is 0 Å². The highest BCUT2D eigenvalue weighted by atomic mass is 14.1. The van der Waals surface area contributed by atoms with Gasteiger partial charge in [-0.15, -0.1) is 0 Å². The molecule has 0 heterocycles. The van der Waals surface area contributed by atoms with Gasteiger partial charge >= 0.3 is 0 Å². The predicted octanol–water partition coefficient (Wildman–Crippen LogP) is 4.92. The Kier molecular flexibility index (Phi) is 3.14. The van der Waals surface area contributed by atoms with Crippen LogP contribution in [0.2, 0.25) is 0 Å². The van der Waals surface area contributed by atoms with Crippen LogP contribution >= 0.6 is 0 Å². The van der Waals surface area contributed by atoms with Crippen molar-refractivity contribution in [2.24, 2.45) is 0 Å². The number of aryl methyl sites for hydroxylation is 3. The third kappa shape index (κ3) is 2.31. The van der Waals surface area contributed by atoms with E-state index in [2.05, 4.69) is 63.7 Å². The fraction of sp³-hybridized carbons (Fsp3) is 0.176. The normalized spacial score (nSPS) is 10.3. The van der Waals surface area contributed by atoms with Gasteiger partial charge in [0, 0.05) is 0 Å². The molecule has 2 rings (SSSR count). The Hall–Kier alpha value is -1.82. The first-order valence-corrected chi connectivity index (χ1v) is 5.92. The Morgan fingerprint density at radius 2 is 1.59 bits per heavy atom. The van der Waals surface area contributed by atoms with Crippen molar-refractivity contribution in [2.75, 3.05) is 0 Å². The molecule has 0 radical (unpaired) electrons. The zero-order valence-electron chi connectivity index (χ0n) is 10.7. The molecule has 0 heteroatoms. The Morgan fingerprint density at radius 3 is 2.18 bits per heavy atom. The van der Waals surface area contributed by atoms with Crippen LogP contribution in [0.1, 0.15) is 22.3 Å². The summed E-state index contributed by atoms with van der Waals surface area (Å²) in [6, 6.07) is 13.1. The smallest absolute Gasteiger partial charge is 0.0109 e. The summed E-state index contributed by atoms with van der Waals surface area (Å²) >= 11 is 0. The molecule has 0 amide bonds. The van der Waals surface area contributed by atoms with E-state index in [4.69, 9.17) is 0 Å². The SMILES string of the molecule is C=Cc1c(C)cccc1-c1cc(C)cc(C)c1. The predicted molar refractivity (Wildman–Crippen MR) is 76.2 cm³/mol. The number of hydrogen-bond donors (Lipinski definition) is 0. The fourth-order valence-electron chi connectivity index (χ4n) is 2.33. The summed E-state index contributed by atoms with van der Waals surface area (Å²) in [5, 5.41) is 0. The Labute approximate surface area is 104 Å². The zero-order chi connectivity index (χ0) is 12.4. The molecule has 0 unspecified atom stereocenters. The van der Waals surface area contributed by atoms with Crippen LogP contribution in [0.15, 0.2) is 43.0 Å². The Bertz CT molecular complexity index is 542. The molecular weight excluding hydrogens is 204 g/mol. The quantitative estimate of drug-likeness (QED) is 0.676. The van der Waals surface area contributed by atoms with Gasteiger partial charge in [-0.3, -0.25) is 0 Å². The van der Waals surface area contributed by atoms with Gasteiger partial charge in [-0.05, 0) is 43.0 Å². The summed E-state index contributed by atoms with van der Waals surface area (Å²) in [5.74, 6) is 0. The molecule has 0 aliphatic carbocycles. The lowest BCUT2D eigenvalue weighted by molar-refractivity contribution is 1.37. The Balaban J connectivity index is 2.67. The van der Waals surface area contributed by atoms with E-state index in [9.17, 15) is 0 Å². The van der Waals surface area contributed by atoms with Gasteiger partial charge in [0.05, 0.1) is 0 Å². The van der Waals surface area contributed by atoms with Crippen molar-refractivity contribution in [1.29, 1.82) is 0 Å². The molecule has 2 aromatic rings. The van der Waals surface area contributed by atoms with Crippen molar-refractivity contribution in [3.05, 3.63) is 65.2 Å². The molecule has 0 saturated carbocycles. The van der Waals surface area contributed by atoms with E-state index in [-0.39, 0.29) is 0 Å². The summed E-state index contributed by atoms with van der Waals surface area (Å²) in [7, 11) is 0. The number of benzene rings is 2. The van der Waals surface area contributed by atoms with Crippen LogP contribution in [-0.4, -0.2) is 0 Å². The van der Waals surface area contributed by atoms with Gasteiger partial charge in [0.25, 0.3) is 0 Å².